The Balaban J connectivity index is 0.00000288. The standard InChI is InChI=1S/C17H23N5O.HI/c1-19-17(22(3)12-15-5-4-10-21(15)2)20-11-13-6-8-14(9-7-13)16(18)23;/h4-10H,11-12H2,1-3H3,(H2,18,23)(H,19,20);1H. The maximum Gasteiger partial charge on any atom is 0.248 e. The molecule has 0 unspecified atom stereocenters. The molecule has 24 heavy (non-hydrogen) atoms. The smallest absolute Gasteiger partial charge is 0.248 e. The van der Waals surface area contributed by atoms with E-state index in [1.165, 1.54) is 5.69 Å². The van der Waals surface area contributed by atoms with Crippen LogP contribution in [0.2, 0.25) is 0 Å². The van der Waals surface area contributed by atoms with Crippen molar-refractivity contribution in [1.82, 2.24) is 14.8 Å². The van der Waals surface area contributed by atoms with Gasteiger partial charge in [-0.1, -0.05) is 12.1 Å². The molecule has 0 bridgehead atoms. The second-order valence-corrected chi connectivity index (χ2v) is 5.43. The van der Waals surface area contributed by atoms with Gasteiger partial charge in [-0.05, 0) is 29.8 Å². The summed E-state index contributed by atoms with van der Waals surface area (Å²) in [6, 6.07) is 11.4. The van der Waals surface area contributed by atoms with Crippen molar-refractivity contribution in [2.75, 3.05) is 14.1 Å². The first kappa shape index (κ1) is 20.0. The summed E-state index contributed by atoms with van der Waals surface area (Å²) < 4.78 is 2.09. The summed E-state index contributed by atoms with van der Waals surface area (Å²) in [6.45, 7) is 1.40. The lowest BCUT2D eigenvalue weighted by Crippen LogP contribution is -2.38. The molecule has 6 nitrogen and oxygen atoms in total. The average Bonchev–Trinajstić information content (AvgIpc) is 2.93. The van der Waals surface area contributed by atoms with Crippen LogP contribution < -0.4 is 11.1 Å². The number of hydrogen-bond acceptors (Lipinski definition) is 2. The minimum Gasteiger partial charge on any atom is -0.366 e. The third-order valence-corrected chi connectivity index (χ3v) is 3.71. The van der Waals surface area contributed by atoms with Gasteiger partial charge >= 0.3 is 0 Å². The molecule has 130 valence electrons. The Kier molecular flexibility index (Phi) is 7.76. The van der Waals surface area contributed by atoms with Crippen molar-refractivity contribution >= 4 is 35.8 Å². The summed E-state index contributed by atoms with van der Waals surface area (Å²) in [4.78, 5) is 17.4. The van der Waals surface area contributed by atoms with Gasteiger partial charge in [0.2, 0.25) is 5.91 Å². The maximum atomic E-state index is 11.1. The molecule has 1 amide bonds. The highest BCUT2D eigenvalue weighted by Crippen LogP contribution is 2.06. The molecule has 0 spiro atoms. The number of carbonyl (C=O) groups excluding carboxylic acids is 1. The van der Waals surface area contributed by atoms with E-state index in [9.17, 15) is 4.79 Å². The van der Waals surface area contributed by atoms with Gasteiger partial charge in [-0.15, -0.1) is 24.0 Å². The van der Waals surface area contributed by atoms with Crippen LogP contribution in [0, 0.1) is 0 Å². The number of guanidine groups is 1. The first-order valence-corrected chi connectivity index (χ1v) is 7.42. The number of benzene rings is 1. The summed E-state index contributed by atoms with van der Waals surface area (Å²) in [5.41, 5.74) is 8.02. The van der Waals surface area contributed by atoms with E-state index in [4.69, 9.17) is 5.73 Å². The molecule has 0 aliphatic heterocycles. The molecule has 0 saturated carbocycles. The number of aryl methyl sites for hydroxylation is 1. The molecule has 2 aromatic rings. The van der Waals surface area contributed by atoms with Crippen LogP contribution in [0.5, 0.6) is 0 Å². The van der Waals surface area contributed by atoms with Crippen molar-refractivity contribution < 1.29 is 4.79 Å². The molecule has 0 aliphatic carbocycles. The number of carbonyl (C=O) groups is 1. The summed E-state index contributed by atoms with van der Waals surface area (Å²) >= 11 is 0. The lowest BCUT2D eigenvalue weighted by atomic mass is 10.1. The van der Waals surface area contributed by atoms with Gasteiger partial charge in [-0.2, -0.15) is 0 Å². The Hall–Kier alpha value is -2.03. The minimum atomic E-state index is -0.414. The fourth-order valence-corrected chi connectivity index (χ4v) is 2.33. The number of nitrogens with two attached hydrogens (primary N) is 1. The van der Waals surface area contributed by atoms with E-state index >= 15 is 0 Å². The van der Waals surface area contributed by atoms with Gasteiger partial charge in [-0.3, -0.25) is 9.79 Å². The fraction of sp³-hybridized carbons (Fsp3) is 0.294. The summed E-state index contributed by atoms with van der Waals surface area (Å²) in [7, 11) is 5.79. The Morgan fingerprint density at radius 2 is 1.96 bits per heavy atom. The lowest BCUT2D eigenvalue weighted by Gasteiger charge is -2.22. The molecule has 7 heteroatoms. The second-order valence-electron chi connectivity index (χ2n) is 5.43. The van der Waals surface area contributed by atoms with Crippen LogP contribution in [-0.2, 0) is 20.1 Å². The van der Waals surface area contributed by atoms with Gasteiger partial charge in [0.15, 0.2) is 5.96 Å². The van der Waals surface area contributed by atoms with Crippen LogP contribution in [-0.4, -0.2) is 35.4 Å². The molecular formula is C17H24IN5O. The molecular weight excluding hydrogens is 417 g/mol. The largest absolute Gasteiger partial charge is 0.366 e. The van der Waals surface area contributed by atoms with Crippen molar-refractivity contribution in [3.05, 3.63) is 59.4 Å². The molecule has 1 heterocycles. The number of hydrogen-bond donors (Lipinski definition) is 2. The number of amides is 1. The molecule has 0 atom stereocenters. The van der Waals surface area contributed by atoms with E-state index in [0.29, 0.717) is 12.1 Å². The molecule has 1 aromatic heterocycles. The second kappa shape index (κ2) is 9.31. The Morgan fingerprint density at radius 1 is 1.29 bits per heavy atom. The summed E-state index contributed by atoms with van der Waals surface area (Å²) in [6.07, 6.45) is 2.03. The highest BCUT2D eigenvalue weighted by Gasteiger charge is 2.08. The van der Waals surface area contributed by atoms with E-state index in [1.807, 2.05) is 38.5 Å². The Labute approximate surface area is 159 Å². The SMILES string of the molecule is CN=C(NCc1ccc(C(N)=O)cc1)N(C)Cc1cccn1C.I. The van der Waals surface area contributed by atoms with Gasteiger partial charge in [0, 0.05) is 45.1 Å². The third-order valence-electron chi connectivity index (χ3n) is 3.71. The zero-order valence-corrected chi connectivity index (χ0v) is 16.5. The number of nitrogens with one attached hydrogen (secondary N) is 1. The first-order valence-electron chi connectivity index (χ1n) is 7.42. The molecule has 0 aliphatic rings. The fourth-order valence-electron chi connectivity index (χ4n) is 2.33. The maximum absolute atomic E-state index is 11.1. The molecule has 0 fully saturated rings. The Bertz CT molecular complexity index is 693. The summed E-state index contributed by atoms with van der Waals surface area (Å²) in [5.74, 6) is 0.396. The third kappa shape index (κ3) is 5.26. The Morgan fingerprint density at radius 3 is 2.46 bits per heavy atom. The van der Waals surface area contributed by atoms with E-state index < -0.39 is 5.91 Å². The summed E-state index contributed by atoms with van der Waals surface area (Å²) in [5, 5.41) is 3.32. The zero-order valence-electron chi connectivity index (χ0n) is 14.2. The monoisotopic (exact) mass is 441 g/mol. The highest BCUT2D eigenvalue weighted by atomic mass is 127. The van der Waals surface area contributed by atoms with Crippen molar-refractivity contribution in [2.45, 2.75) is 13.1 Å². The van der Waals surface area contributed by atoms with Crippen LogP contribution in [0.3, 0.4) is 0 Å². The van der Waals surface area contributed by atoms with Crippen molar-refractivity contribution in [3.8, 4) is 0 Å². The van der Waals surface area contributed by atoms with E-state index in [-0.39, 0.29) is 24.0 Å². The number of nitrogens with zero attached hydrogens (tertiary/aromatic N) is 3. The molecule has 0 radical (unpaired) electrons. The van der Waals surface area contributed by atoms with Crippen LogP contribution in [0.25, 0.3) is 0 Å². The van der Waals surface area contributed by atoms with Crippen molar-refractivity contribution in [1.29, 1.82) is 0 Å². The van der Waals surface area contributed by atoms with E-state index in [0.717, 1.165) is 18.1 Å². The quantitative estimate of drug-likeness (QED) is 0.423. The van der Waals surface area contributed by atoms with Gasteiger partial charge in [0.1, 0.15) is 0 Å². The average molecular weight is 441 g/mol. The number of halogens is 1. The van der Waals surface area contributed by atoms with Crippen LogP contribution >= 0.6 is 24.0 Å². The van der Waals surface area contributed by atoms with Gasteiger partial charge < -0.3 is 20.5 Å². The highest BCUT2D eigenvalue weighted by molar-refractivity contribution is 14.0. The van der Waals surface area contributed by atoms with Gasteiger partial charge in [0.05, 0.1) is 6.54 Å². The zero-order chi connectivity index (χ0) is 16.8. The van der Waals surface area contributed by atoms with Gasteiger partial charge in [0.25, 0.3) is 0 Å². The number of rotatable bonds is 5. The van der Waals surface area contributed by atoms with Crippen molar-refractivity contribution in [3.63, 3.8) is 0 Å². The minimum absolute atomic E-state index is 0. The van der Waals surface area contributed by atoms with E-state index in [2.05, 4.69) is 25.8 Å². The first-order chi connectivity index (χ1) is 11.0. The molecule has 0 saturated heterocycles. The number of primary amides is 1. The lowest BCUT2D eigenvalue weighted by molar-refractivity contribution is 0.100. The van der Waals surface area contributed by atoms with Gasteiger partial charge in [-0.25, -0.2) is 0 Å². The molecule has 2 rings (SSSR count). The van der Waals surface area contributed by atoms with Crippen LogP contribution in [0.4, 0.5) is 0 Å². The van der Waals surface area contributed by atoms with E-state index in [1.54, 1.807) is 19.2 Å². The predicted molar refractivity (Wildman–Crippen MR) is 107 cm³/mol. The molecule has 3 N–H and O–H groups in total. The van der Waals surface area contributed by atoms with Crippen LogP contribution in [0.15, 0.2) is 47.6 Å². The number of aliphatic imine (C=N–C) groups is 1. The number of aromatic nitrogens is 1. The normalized spacial score (nSPS) is 10.9. The molecule has 1 aromatic carbocycles. The van der Waals surface area contributed by atoms with Crippen LogP contribution in [0.1, 0.15) is 21.6 Å². The van der Waals surface area contributed by atoms with Crippen molar-refractivity contribution in [2.24, 2.45) is 17.8 Å². The topological polar surface area (TPSA) is 75.6 Å². The predicted octanol–water partition coefficient (Wildman–Crippen LogP) is 1.95.